The Morgan fingerprint density at radius 3 is 2.67 bits per heavy atom. The molecule has 0 aromatic carbocycles. The van der Waals surface area contributed by atoms with Gasteiger partial charge in [0.25, 0.3) is 0 Å². The molecule has 0 saturated carbocycles. The normalized spacial score (nSPS) is 29.2. The second-order valence-electron chi connectivity index (χ2n) is 3.49. The maximum absolute atomic E-state index is 8.60. The maximum Gasteiger partial charge on any atom is 0.451 e. The highest BCUT2D eigenvalue weighted by molar-refractivity contribution is 6.40. The fourth-order valence-corrected chi connectivity index (χ4v) is 1.63. The Hall–Kier alpha value is -0.0951. The van der Waals surface area contributed by atoms with E-state index in [1.807, 2.05) is 0 Å². The van der Waals surface area contributed by atoms with Crippen molar-refractivity contribution in [2.75, 3.05) is 13.1 Å². The molecule has 1 aliphatic rings. The van der Waals surface area contributed by atoms with E-state index < -0.39 is 7.12 Å². The summed E-state index contributed by atoms with van der Waals surface area (Å²) in [6.07, 6.45) is 2.30. The van der Waals surface area contributed by atoms with Crippen molar-refractivity contribution in [2.45, 2.75) is 25.2 Å². The van der Waals surface area contributed by atoms with Gasteiger partial charge in [-0.1, -0.05) is 6.42 Å². The van der Waals surface area contributed by atoms with Crippen molar-refractivity contribution in [2.24, 2.45) is 11.7 Å². The van der Waals surface area contributed by atoms with Crippen LogP contribution in [0.4, 0.5) is 0 Å². The predicted octanol–water partition coefficient (Wildman–Crippen LogP) is -1.21. The number of rotatable bonds is 4. The van der Waals surface area contributed by atoms with Crippen LogP contribution in [0.15, 0.2) is 0 Å². The minimum Gasteiger partial charge on any atom is -0.427 e. The van der Waals surface area contributed by atoms with Crippen molar-refractivity contribution >= 4 is 7.12 Å². The van der Waals surface area contributed by atoms with Gasteiger partial charge in [-0.05, 0) is 25.2 Å². The summed E-state index contributed by atoms with van der Waals surface area (Å²) >= 11 is 0. The Kier molecular flexibility index (Phi) is 4.01. The van der Waals surface area contributed by atoms with Gasteiger partial charge in [-0.3, -0.25) is 0 Å². The topological polar surface area (TPSA) is 78.5 Å². The smallest absolute Gasteiger partial charge is 0.427 e. The molecule has 1 saturated heterocycles. The van der Waals surface area contributed by atoms with Gasteiger partial charge in [0.2, 0.25) is 0 Å². The molecule has 1 heterocycles. The molecule has 0 spiro atoms. The van der Waals surface area contributed by atoms with Crippen LogP contribution in [0.3, 0.4) is 0 Å². The molecular formula is C7H17BN2O2. The minimum atomic E-state index is -1.16. The lowest BCUT2D eigenvalue weighted by Crippen LogP contribution is -2.29. The maximum atomic E-state index is 8.60. The number of hydrogen-bond donors (Lipinski definition) is 4. The van der Waals surface area contributed by atoms with Crippen LogP contribution in [0.1, 0.15) is 12.8 Å². The Labute approximate surface area is 73.3 Å². The molecule has 5 N–H and O–H groups in total. The van der Waals surface area contributed by atoms with Gasteiger partial charge in [0.15, 0.2) is 0 Å². The van der Waals surface area contributed by atoms with Crippen molar-refractivity contribution < 1.29 is 10.0 Å². The second-order valence-corrected chi connectivity index (χ2v) is 3.49. The number of hydrogen-bond acceptors (Lipinski definition) is 4. The fourth-order valence-electron chi connectivity index (χ4n) is 1.63. The third-order valence-electron chi connectivity index (χ3n) is 2.43. The summed E-state index contributed by atoms with van der Waals surface area (Å²) in [7, 11) is -1.16. The first-order valence-electron chi connectivity index (χ1n) is 4.52. The first-order chi connectivity index (χ1) is 5.70. The second kappa shape index (κ2) is 4.82. The summed E-state index contributed by atoms with van der Waals surface area (Å²) in [6, 6.07) is 0.251. The molecule has 70 valence electrons. The lowest BCUT2D eigenvalue weighted by molar-refractivity contribution is 0.393. The SMILES string of the molecule is N[C@@H]1CNC[C@@H]1CCCB(O)O. The average molecular weight is 172 g/mol. The highest BCUT2D eigenvalue weighted by Crippen LogP contribution is 2.15. The molecule has 4 nitrogen and oxygen atoms in total. The fraction of sp³-hybridized carbons (Fsp3) is 1.00. The van der Waals surface area contributed by atoms with Crippen LogP contribution < -0.4 is 11.1 Å². The molecule has 0 amide bonds. The van der Waals surface area contributed by atoms with Crippen LogP contribution >= 0.6 is 0 Å². The van der Waals surface area contributed by atoms with Gasteiger partial charge in [-0.25, -0.2) is 0 Å². The summed E-state index contributed by atoms with van der Waals surface area (Å²) in [4.78, 5) is 0. The van der Waals surface area contributed by atoms with Gasteiger partial charge in [0.1, 0.15) is 0 Å². The predicted molar refractivity (Wildman–Crippen MR) is 48.6 cm³/mol. The zero-order chi connectivity index (χ0) is 8.97. The van der Waals surface area contributed by atoms with Gasteiger partial charge < -0.3 is 21.1 Å². The van der Waals surface area contributed by atoms with Gasteiger partial charge in [-0.15, -0.1) is 0 Å². The Morgan fingerprint density at radius 2 is 2.17 bits per heavy atom. The van der Waals surface area contributed by atoms with E-state index in [9.17, 15) is 0 Å². The van der Waals surface area contributed by atoms with E-state index in [1.165, 1.54) is 0 Å². The molecule has 1 aliphatic heterocycles. The van der Waals surface area contributed by atoms with Crippen LogP contribution in [0.5, 0.6) is 0 Å². The van der Waals surface area contributed by atoms with Crippen molar-refractivity contribution in [3.05, 3.63) is 0 Å². The molecule has 12 heavy (non-hydrogen) atoms. The van der Waals surface area contributed by atoms with E-state index >= 15 is 0 Å². The van der Waals surface area contributed by atoms with Gasteiger partial charge in [0.05, 0.1) is 0 Å². The molecule has 2 atom stereocenters. The molecule has 0 unspecified atom stereocenters. The first kappa shape index (κ1) is 9.99. The summed E-state index contributed by atoms with van der Waals surface area (Å²) in [5.74, 6) is 0.517. The summed E-state index contributed by atoms with van der Waals surface area (Å²) in [6.45, 7) is 1.87. The van der Waals surface area contributed by atoms with Crippen LogP contribution in [-0.2, 0) is 0 Å². The quantitative estimate of drug-likeness (QED) is 0.401. The minimum absolute atomic E-state index is 0.251. The zero-order valence-electron chi connectivity index (χ0n) is 7.24. The summed E-state index contributed by atoms with van der Waals surface area (Å²) < 4.78 is 0. The molecule has 0 radical (unpaired) electrons. The van der Waals surface area contributed by atoms with Crippen LogP contribution in [0.2, 0.25) is 6.32 Å². The monoisotopic (exact) mass is 172 g/mol. The Bertz CT molecular complexity index is 135. The van der Waals surface area contributed by atoms with E-state index in [1.54, 1.807) is 0 Å². The Balaban J connectivity index is 2.06. The number of nitrogens with two attached hydrogens (primary N) is 1. The Morgan fingerprint density at radius 1 is 1.42 bits per heavy atom. The molecule has 0 bridgehead atoms. The highest BCUT2D eigenvalue weighted by atomic mass is 16.4. The van der Waals surface area contributed by atoms with Gasteiger partial charge in [0, 0.05) is 12.6 Å². The summed E-state index contributed by atoms with van der Waals surface area (Å²) in [5, 5.41) is 20.4. The van der Waals surface area contributed by atoms with Crippen LogP contribution in [0.25, 0.3) is 0 Å². The third kappa shape index (κ3) is 3.10. The van der Waals surface area contributed by atoms with E-state index in [-0.39, 0.29) is 6.04 Å². The lowest BCUT2D eigenvalue weighted by atomic mass is 9.82. The van der Waals surface area contributed by atoms with E-state index in [4.69, 9.17) is 15.8 Å². The van der Waals surface area contributed by atoms with Gasteiger partial charge in [-0.2, -0.15) is 0 Å². The van der Waals surface area contributed by atoms with Crippen molar-refractivity contribution in [1.82, 2.24) is 5.32 Å². The van der Waals surface area contributed by atoms with Crippen molar-refractivity contribution in [1.29, 1.82) is 0 Å². The van der Waals surface area contributed by atoms with Crippen LogP contribution in [0, 0.1) is 5.92 Å². The molecule has 0 aliphatic carbocycles. The number of nitrogens with one attached hydrogen (secondary N) is 1. The third-order valence-corrected chi connectivity index (χ3v) is 2.43. The molecule has 1 fully saturated rings. The van der Waals surface area contributed by atoms with Crippen molar-refractivity contribution in [3.63, 3.8) is 0 Å². The van der Waals surface area contributed by atoms with E-state index in [0.29, 0.717) is 12.2 Å². The van der Waals surface area contributed by atoms with E-state index in [2.05, 4.69) is 5.32 Å². The molecular weight excluding hydrogens is 155 g/mol. The molecule has 0 aromatic rings. The average Bonchev–Trinajstić information content (AvgIpc) is 2.36. The standard InChI is InChI=1S/C7H17BN2O2/c9-7-5-10-4-6(7)2-1-3-8(11)12/h6-7,10-12H,1-5,9H2/t6-,7+/m0/s1. The van der Waals surface area contributed by atoms with Crippen LogP contribution in [-0.4, -0.2) is 36.3 Å². The molecule has 0 aromatic heterocycles. The lowest BCUT2D eigenvalue weighted by Gasteiger charge is -2.12. The molecule has 1 rings (SSSR count). The largest absolute Gasteiger partial charge is 0.451 e. The molecule has 5 heteroatoms. The van der Waals surface area contributed by atoms with Crippen molar-refractivity contribution in [3.8, 4) is 0 Å². The van der Waals surface area contributed by atoms with Gasteiger partial charge >= 0.3 is 7.12 Å². The highest BCUT2D eigenvalue weighted by Gasteiger charge is 2.23. The van der Waals surface area contributed by atoms with E-state index in [0.717, 1.165) is 25.9 Å². The first-order valence-corrected chi connectivity index (χ1v) is 4.52. The summed E-state index contributed by atoms with van der Waals surface area (Å²) in [5.41, 5.74) is 5.81. The zero-order valence-corrected chi connectivity index (χ0v) is 7.24.